The van der Waals surface area contributed by atoms with E-state index in [0.29, 0.717) is 12.5 Å². The van der Waals surface area contributed by atoms with Gasteiger partial charge >= 0.3 is 0 Å². The first-order valence-corrected chi connectivity index (χ1v) is 5.03. The van der Waals surface area contributed by atoms with Gasteiger partial charge in [0.15, 0.2) is 0 Å². The molecule has 0 amide bonds. The molecule has 0 fully saturated rings. The van der Waals surface area contributed by atoms with E-state index in [2.05, 4.69) is 31.2 Å². The van der Waals surface area contributed by atoms with Crippen molar-refractivity contribution < 1.29 is 4.74 Å². The molecule has 0 saturated heterocycles. The van der Waals surface area contributed by atoms with E-state index >= 15 is 0 Å². The number of aryl methyl sites for hydroxylation is 1. The van der Waals surface area contributed by atoms with E-state index in [0.717, 1.165) is 13.0 Å². The summed E-state index contributed by atoms with van der Waals surface area (Å²) in [6, 6.07) is 8.57. The Hall–Kier alpha value is -0.860. The maximum atomic E-state index is 5.73. The van der Waals surface area contributed by atoms with Crippen LogP contribution < -0.4 is 5.73 Å². The number of ether oxygens (including phenoxy) is 1. The third-order valence-corrected chi connectivity index (χ3v) is 2.50. The summed E-state index contributed by atoms with van der Waals surface area (Å²) in [7, 11) is 1.72. The summed E-state index contributed by atoms with van der Waals surface area (Å²) in [5.41, 5.74) is 8.33. The smallest absolute Gasteiger partial charge is 0.0468 e. The summed E-state index contributed by atoms with van der Waals surface area (Å²) >= 11 is 0. The molecule has 0 aliphatic rings. The molecule has 1 atom stereocenters. The highest BCUT2D eigenvalue weighted by atomic mass is 16.5. The lowest BCUT2D eigenvalue weighted by atomic mass is 9.95. The molecule has 0 aromatic heterocycles. The fraction of sp³-hybridized carbons (Fsp3) is 0.500. The Morgan fingerprint density at radius 3 is 2.43 bits per heavy atom. The van der Waals surface area contributed by atoms with Crippen LogP contribution in [-0.4, -0.2) is 20.3 Å². The van der Waals surface area contributed by atoms with Gasteiger partial charge in [0.25, 0.3) is 0 Å². The third kappa shape index (κ3) is 3.13. The van der Waals surface area contributed by atoms with E-state index in [1.54, 1.807) is 7.11 Å². The Morgan fingerprint density at radius 1 is 1.29 bits per heavy atom. The minimum Gasteiger partial charge on any atom is -0.385 e. The van der Waals surface area contributed by atoms with Gasteiger partial charge in [0.2, 0.25) is 0 Å². The molecule has 2 nitrogen and oxygen atoms in total. The topological polar surface area (TPSA) is 35.2 Å². The highest BCUT2D eigenvalue weighted by Crippen LogP contribution is 2.18. The second-order valence-electron chi connectivity index (χ2n) is 3.62. The summed E-state index contributed by atoms with van der Waals surface area (Å²) in [4.78, 5) is 0. The Balaban J connectivity index is 2.64. The molecule has 0 radical (unpaired) electrons. The lowest BCUT2D eigenvalue weighted by molar-refractivity contribution is 0.188. The average Bonchev–Trinajstić information content (AvgIpc) is 2.21. The quantitative estimate of drug-likeness (QED) is 0.777. The van der Waals surface area contributed by atoms with Gasteiger partial charge in [0, 0.05) is 13.7 Å². The lowest BCUT2D eigenvalue weighted by Crippen LogP contribution is -2.14. The summed E-state index contributed by atoms with van der Waals surface area (Å²) in [6.45, 7) is 3.55. The van der Waals surface area contributed by atoms with Crippen LogP contribution in [0.1, 0.15) is 23.5 Å². The molecule has 2 heteroatoms. The number of hydrogen-bond donors (Lipinski definition) is 1. The van der Waals surface area contributed by atoms with Crippen molar-refractivity contribution >= 4 is 0 Å². The summed E-state index contributed by atoms with van der Waals surface area (Å²) < 4.78 is 5.06. The van der Waals surface area contributed by atoms with Gasteiger partial charge in [-0.1, -0.05) is 29.8 Å². The molecule has 14 heavy (non-hydrogen) atoms. The van der Waals surface area contributed by atoms with Crippen molar-refractivity contribution in [3.63, 3.8) is 0 Å². The summed E-state index contributed by atoms with van der Waals surface area (Å²) in [5.74, 6) is 0.426. The van der Waals surface area contributed by atoms with Crippen LogP contribution in [0.25, 0.3) is 0 Å². The van der Waals surface area contributed by atoms with E-state index in [4.69, 9.17) is 10.5 Å². The first-order valence-electron chi connectivity index (χ1n) is 5.03. The zero-order valence-electron chi connectivity index (χ0n) is 8.99. The zero-order chi connectivity index (χ0) is 10.4. The van der Waals surface area contributed by atoms with Gasteiger partial charge in [0.1, 0.15) is 0 Å². The molecular weight excluding hydrogens is 174 g/mol. The van der Waals surface area contributed by atoms with Crippen molar-refractivity contribution in [2.24, 2.45) is 5.73 Å². The number of rotatable bonds is 5. The molecule has 1 rings (SSSR count). The first kappa shape index (κ1) is 11.2. The summed E-state index contributed by atoms with van der Waals surface area (Å²) in [6.07, 6.45) is 0.996. The molecule has 0 heterocycles. The van der Waals surface area contributed by atoms with Crippen LogP contribution >= 0.6 is 0 Å². The molecular formula is C12H19NO. The van der Waals surface area contributed by atoms with Crippen LogP contribution in [-0.2, 0) is 4.74 Å². The molecule has 1 aromatic rings. The van der Waals surface area contributed by atoms with E-state index in [-0.39, 0.29) is 0 Å². The van der Waals surface area contributed by atoms with Gasteiger partial charge in [0.05, 0.1) is 0 Å². The summed E-state index contributed by atoms with van der Waals surface area (Å²) in [5, 5.41) is 0. The van der Waals surface area contributed by atoms with E-state index < -0.39 is 0 Å². The van der Waals surface area contributed by atoms with Crippen LogP contribution in [0.5, 0.6) is 0 Å². The third-order valence-electron chi connectivity index (χ3n) is 2.50. The highest BCUT2D eigenvalue weighted by molar-refractivity contribution is 5.24. The normalized spacial score (nSPS) is 12.8. The molecule has 0 aliphatic carbocycles. The van der Waals surface area contributed by atoms with Crippen LogP contribution in [0, 0.1) is 6.92 Å². The lowest BCUT2D eigenvalue weighted by Gasteiger charge is -2.14. The van der Waals surface area contributed by atoms with Gasteiger partial charge in [-0.2, -0.15) is 0 Å². The molecule has 1 unspecified atom stereocenters. The van der Waals surface area contributed by atoms with Crippen molar-refractivity contribution in [3.05, 3.63) is 35.4 Å². The molecule has 78 valence electrons. The van der Waals surface area contributed by atoms with Gasteiger partial charge < -0.3 is 10.5 Å². The Morgan fingerprint density at radius 2 is 1.93 bits per heavy atom. The maximum absolute atomic E-state index is 5.73. The standard InChI is InChI=1S/C12H19NO/c1-10-3-5-11(6-4-10)12(9-13)7-8-14-2/h3-6,12H,7-9,13H2,1-2H3. The number of hydrogen-bond acceptors (Lipinski definition) is 2. The molecule has 0 aliphatic heterocycles. The predicted octanol–water partition coefficient (Wildman–Crippen LogP) is 2.07. The maximum Gasteiger partial charge on any atom is 0.0468 e. The van der Waals surface area contributed by atoms with E-state index in [1.165, 1.54) is 11.1 Å². The Kier molecular flexibility index (Phi) is 4.63. The van der Waals surface area contributed by atoms with Crippen molar-refractivity contribution in [1.82, 2.24) is 0 Å². The fourth-order valence-corrected chi connectivity index (χ4v) is 1.52. The first-order chi connectivity index (χ1) is 6.77. The number of methoxy groups -OCH3 is 1. The molecule has 2 N–H and O–H groups in total. The Bertz CT molecular complexity index is 256. The molecule has 0 spiro atoms. The van der Waals surface area contributed by atoms with Crippen LogP contribution in [0.2, 0.25) is 0 Å². The van der Waals surface area contributed by atoms with Gasteiger partial charge in [-0.15, -0.1) is 0 Å². The average molecular weight is 193 g/mol. The second-order valence-corrected chi connectivity index (χ2v) is 3.62. The monoisotopic (exact) mass is 193 g/mol. The zero-order valence-corrected chi connectivity index (χ0v) is 8.99. The highest BCUT2D eigenvalue weighted by Gasteiger charge is 2.08. The van der Waals surface area contributed by atoms with Crippen molar-refractivity contribution in [3.8, 4) is 0 Å². The predicted molar refractivity (Wildman–Crippen MR) is 59.5 cm³/mol. The van der Waals surface area contributed by atoms with Gasteiger partial charge in [-0.25, -0.2) is 0 Å². The van der Waals surface area contributed by atoms with Crippen molar-refractivity contribution in [2.45, 2.75) is 19.3 Å². The number of nitrogens with two attached hydrogens (primary N) is 1. The Labute approximate surface area is 86.1 Å². The van der Waals surface area contributed by atoms with Crippen LogP contribution in [0.3, 0.4) is 0 Å². The van der Waals surface area contributed by atoms with Gasteiger partial charge in [-0.3, -0.25) is 0 Å². The van der Waals surface area contributed by atoms with Crippen LogP contribution in [0.4, 0.5) is 0 Å². The van der Waals surface area contributed by atoms with E-state index in [1.807, 2.05) is 0 Å². The SMILES string of the molecule is COCCC(CN)c1ccc(C)cc1. The fourth-order valence-electron chi connectivity index (χ4n) is 1.52. The van der Waals surface area contributed by atoms with Crippen molar-refractivity contribution in [2.75, 3.05) is 20.3 Å². The van der Waals surface area contributed by atoms with E-state index in [9.17, 15) is 0 Å². The molecule has 1 aromatic carbocycles. The minimum absolute atomic E-state index is 0.426. The second kappa shape index (κ2) is 5.78. The minimum atomic E-state index is 0.426. The largest absolute Gasteiger partial charge is 0.385 e. The number of benzene rings is 1. The van der Waals surface area contributed by atoms with Crippen LogP contribution in [0.15, 0.2) is 24.3 Å². The molecule has 0 saturated carbocycles. The van der Waals surface area contributed by atoms with Gasteiger partial charge in [-0.05, 0) is 31.4 Å². The molecule has 0 bridgehead atoms. The van der Waals surface area contributed by atoms with Crippen molar-refractivity contribution in [1.29, 1.82) is 0 Å².